The van der Waals surface area contributed by atoms with Crippen molar-refractivity contribution in [1.82, 2.24) is 0 Å². The summed E-state index contributed by atoms with van der Waals surface area (Å²) in [6.45, 7) is 8.19. The Labute approximate surface area is 147 Å². The molecule has 1 fully saturated rings. The van der Waals surface area contributed by atoms with Crippen molar-refractivity contribution in [1.29, 1.82) is 0 Å². The van der Waals surface area contributed by atoms with E-state index in [0.717, 1.165) is 16.8 Å². The van der Waals surface area contributed by atoms with Gasteiger partial charge in [0.1, 0.15) is 5.82 Å². The lowest BCUT2D eigenvalue weighted by molar-refractivity contribution is 0.00578. The summed E-state index contributed by atoms with van der Waals surface area (Å²) in [5.74, 6) is 0.557. The Morgan fingerprint density at radius 1 is 0.917 bits per heavy atom. The van der Waals surface area contributed by atoms with Crippen LogP contribution in [0.5, 0.6) is 0 Å². The maximum absolute atomic E-state index is 13.7. The summed E-state index contributed by atoms with van der Waals surface area (Å²) in [5, 5.41) is 0. The van der Waals surface area contributed by atoms with Gasteiger partial charge >= 0.3 is 7.12 Å². The largest absolute Gasteiger partial charge is 0.494 e. The van der Waals surface area contributed by atoms with Gasteiger partial charge in [0.15, 0.2) is 0 Å². The monoisotopic (exact) mass is 344 g/mol. The first-order valence-corrected chi connectivity index (χ1v) is 9.09. The van der Waals surface area contributed by atoms with Crippen LogP contribution in [0.4, 0.5) is 4.39 Å². The molecular weight excluding hydrogens is 322 g/mol. The molecule has 0 atom stereocenters. The van der Waals surface area contributed by atoms with Gasteiger partial charge in [-0.05, 0) is 50.9 Å². The van der Waals surface area contributed by atoms with E-state index in [1.807, 2.05) is 58.0 Å². The second-order valence-corrected chi connectivity index (χ2v) is 8.07. The minimum Gasteiger partial charge on any atom is -0.399 e. The van der Waals surface area contributed by atoms with E-state index in [-0.39, 0.29) is 24.1 Å². The first-order chi connectivity index (χ1) is 11.3. The molecule has 2 aromatic rings. The molecule has 126 valence electrons. The Morgan fingerprint density at radius 2 is 1.50 bits per heavy atom. The summed E-state index contributed by atoms with van der Waals surface area (Å²) in [6, 6.07) is 15.0. The third kappa shape index (κ3) is 3.53. The van der Waals surface area contributed by atoms with E-state index in [0.29, 0.717) is 4.90 Å². The van der Waals surface area contributed by atoms with E-state index < -0.39 is 0 Å². The molecule has 2 aromatic carbocycles. The third-order valence-electron chi connectivity index (χ3n) is 4.74. The van der Waals surface area contributed by atoms with Gasteiger partial charge in [-0.1, -0.05) is 36.4 Å². The Kier molecular flexibility index (Phi) is 4.78. The van der Waals surface area contributed by atoms with Crippen molar-refractivity contribution >= 4 is 24.3 Å². The van der Waals surface area contributed by atoms with Crippen LogP contribution in [0.25, 0.3) is 0 Å². The van der Waals surface area contributed by atoms with Gasteiger partial charge in [-0.2, -0.15) is 0 Å². The molecule has 0 aromatic heterocycles. The molecule has 3 rings (SSSR count). The van der Waals surface area contributed by atoms with Gasteiger partial charge in [0.2, 0.25) is 0 Å². The predicted octanol–water partition coefficient (Wildman–Crippen LogP) is 4.42. The van der Waals surface area contributed by atoms with Crippen LogP contribution in [-0.4, -0.2) is 18.3 Å². The molecule has 1 aliphatic heterocycles. The maximum Gasteiger partial charge on any atom is 0.494 e. The second-order valence-electron chi connectivity index (χ2n) is 7.05. The van der Waals surface area contributed by atoms with Gasteiger partial charge in [0.25, 0.3) is 0 Å². The smallest absolute Gasteiger partial charge is 0.399 e. The number of halogens is 1. The molecule has 2 nitrogen and oxygen atoms in total. The zero-order chi connectivity index (χ0) is 17.4. The highest BCUT2D eigenvalue weighted by Gasteiger charge is 2.51. The van der Waals surface area contributed by atoms with Crippen LogP contribution in [-0.2, 0) is 15.1 Å². The Bertz CT molecular complexity index is 700. The molecule has 0 amide bonds. The van der Waals surface area contributed by atoms with E-state index in [1.54, 1.807) is 12.1 Å². The summed E-state index contributed by atoms with van der Waals surface area (Å²) in [7, 11) is -0.344. The molecule has 1 saturated heterocycles. The van der Waals surface area contributed by atoms with Crippen LogP contribution in [0.3, 0.4) is 0 Å². The number of benzene rings is 2. The molecule has 1 aliphatic rings. The summed E-state index contributed by atoms with van der Waals surface area (Å²) in [5.41, 5.74) is 1.48. The van der Waals surface area contributed by atoms with Crippen LogP contribution < -0.4 is 5.46 Å². The normalized spacial score (nSPS) is 18.8. The van der Waals surface area contributed by atoms with E-state index in [9.17, 15) is 4.39 Å². The predicted molar refractivity (Wildman–Crippen MR) is 98.1 cm³/mol. The van der Waals surface area contributed by atoms with Gasteiger partial charge in [0.05, 0.1) is 11.2 Å². The van der Waals surface area contributed by atoms with E-state index in [4.69, 9.17) is 9.31 Å². The molecule has 0 unspecified atom stereocenters. The summed E-state index contributed by atoms with van der Waals surface area (Å²) < 4.78 is 25.8. The minimum atomic E-state index is -0.344. The first kappa shape index (κ1) is 17.5. The van der Waals surface area contributed by atoms with Gasteiger partial charge in [-0.25, -0.2) is 4.39 Å². The highest BCUT2D eigenvalue weighted by Crippen LogP contribution is 2.36. The number of thioether (sulfide) groups is 1. The average molecular weight is 344 g/mol. The SMILES string of the molecule is CC1(C)OB(c2ccc(CSc3ccccc3F)cc2)OC1(C)C. The fourth-order valence-electron chi connectivity index (χ4n) is 2.47. The van der Waals surface area contributed by atoms with Crippen molar-refractivity contribution < 1.29 is 13.7 Å². The molecule has 0 N–H and O–H groups in total. The van der Waals surface area contributed by atoms with Crippen molar-refractivity contribution in [2.24, 2.45) is 0 Å². The molecular formula is C19H22BFO2S. The molecule has 0 bridgehead atoms. The van der Waals surface area contributed by atoms with Crippen molar-refractivity contribution in [2.45, 2.75) is 49.5 Å². The zero-order valence-electron chi connectivity index (χ0n) is 14.5. The average Bonchev–Trinajstić information content (AvgIpc) is 2.75. The van der Waals surface area contributed by atoms with Crippen LogP contribution in [0.2, 0.25) is 0 Å². The Hall–Kier alpha value is -1.30. The topological polar surface area (TPSA) is 18.5 Å². The van der Waals surface area contributed by atoms with E-state index in [1.165, 1.54) is 17.8 Å². The summed E-state index contributed by atoms with van der Waals surface area (Å²) >= 11 is 1.50. The first-order valence-electron chi connectivity index (χ1n) is 8.10. The highest BCUT2D eigenvalue weighted by atomic mass is 32.2. The minimum absolute atomic E-state index is 0.170. The summed E-state index contributed by atoms with van der Waals surface area (Å²) in [6.07, 6.45) is 0. The molecule has 0 spiro atoms. The van der Waals surface area contributed by atoms with Gasteiger partial charge in [-0.3, -0.25) is 0 Å². The maximum atomic E-state index is 13.7. The Balaban J connectivity index is 1.65. The van der Waals surface area contributed by atoms with Crippen molar-refractivity contribution in [2.75, 3.05) is 0 Å². The standard InChI is InChI=1S/C19H22BFO2S/c1-18(2)19(3,4)23-20(22-18)15-11-9-14(10-12-15)13-24-17-8-6-5-7-16(17)21/h5-12H,13H2,1-4H3. The number of hydrogen-bond acceptors (Lipinski definition) is 3. The molecule has 24 heavy (non-hydrogen) atoms. The lowest BCUT2D eigenvalue weighted by atomic mass is 9.79. The van der Waals surface area contributed by atoms with Gasteiger partial charge in [-0.15, -0.1) is 11.8 Å². The lowest BCUT2D eigenvalue weighted by Gasteiger charge is -2.32. The van der Waals surface area contributed by atoms with Crippen molar-refractivity contribution in [3.63, 3.8) is 0 Å². The van der Waals surface area contributed by atoms with E-state index in [2.05, 4.69) is 0 Å². The Morgan fingerprint density at radius 3 is 2.08 bits per heavy atom. The second kappa shape index (κ2) is 6.55. The molecule has 5 heteroatoms. The fraction of sp³-hybridized carbons (Fsp3) is 0.368. The molecule has 0 radical (unpaired) electrons. The van der Waals surface area contributed by atoms with Crippen LogP contribution in [0.1, 0.15) is 33.3 Å². The van der Waals surface area contributed by atoms with E-state index >= 15 is 0 Å². The summed E-state index contributed by atoms with van der Waals surface area (Å²) in [4.78, 5) is 0.674. The van der Waals surface area contributed by atoms with Crippen LogP contribution >= 0.6 is 11.8 Å². The number of hydrogen-bond donors (Lipinski definition) is 0. The third-order valence-corrected chi connectivity index (χ3v) is 5.86. The molecule has 0 aliphatic carbocycles. The lowest BCUT2D eigenvalue weighted by Crippen LogP contribution is -2.41. The van der Waals surface area contributed by atoms with Crippen molar-refractivity contribution in [3.05, 3.63) is 59.9 Å². The quantitative estimate of drug-likeness (QED) is 0.604. The van der Waals surface area contributed by atoms with Crippen molar-refractivity contribution in [3.8, 4) is 0 Å². The zero-order valence-corrected chi connectivity index (χ0v) is 15.3. The highest BCUT2D eigenvalue weighted by molar-refractivity contribution is 7.98. The van der Waals surface area contributed by atoms with Gasteiger partial charge < -0.3 is 9.31 Å². The number of rotatable bonds is 4. The van der Waals surface area contributed by atoms with Gasteiger partial charge in [0, 0.05) is 10.6 Å². The molecule has 0 saturated carbocycles. The molecule has 1 heterocycles. The van der Waals surface area contributed by atoms with Crippen LogP contribution in [0, 0.1) is 5.82 Å². The van der Waals surface area contributed by atoms with Crippen LogP contribution in [0.15, 0.2) is 53.4 Å². The fourth-order valence-corrected chi connectivity index (χ4v) is 3.37.